The molecule has 0 bridgehead atoms. The van der Waals surface area contributed by atoms with Crippen LogP contribution in [-0.2, 0) is 17.8 Å². The smallest absolute Gasteiger partial charge is 0.222 e. The van der Waals surface area contributed by atoms with Crippen LogP contribution in [0.25, 0.3) is 10.9 Å². The van der Waals surface area contributed by atoms with Gasteiger partial charge in [-0.05, 0) is 42.5 Å². The van der Waals surface area contributed by atoms with E-state index in [1.54, 1.807) is 0 Å². The molecular formula is C23H25N3O. The topological polar surface area (TPSA) is 45.2 Å². The monoisotopic (exact) mass is 359 g/mol. The molecule has 2 aromatic carbocycles. The molecule has 1 aliphatic rings. The molecule has 4 nitrogen and oxygen atoms in total. The number of aryl methyl sites for hydroxylation is 1. The van der Waals surface area contributed by atoms with Crippen molar-refractivity contribution in [3.63, 3.8) is 0 Å². The molecular weight excluding hydrogens is 334 g/mol. The normalized spacial score (nSPS) is 13.4. The first-order valence-corrected chi connectivity index (χ1v) is 9.65. The van der Waals surface area contributed by atoms with Crippen LogP contribution < -0.4 is 5.32 Å². The van der Waals surface area contributed by atoms with Gasteiger partial charge in [0.1, 0.15) is 0 Å². The lowest BCUT2D eigenvalue weighted by atomic mass is 9.99. The highest BCUT2D eigenvalue weighted by molar-refractivity contribution is 5.92. The summed E-state index contributed by atoms with van der Waals surface area (Å²) in [4.78, 5) is 19.0. The summed E-state index contributed by atoms with van der Waals surface area (Å²) in [5.41, 5.74) is 5.96. The summed E-state index contributed by atoms with van der Waals surface area (Å²) in [5.74, 6) is 0.252. The Balaban J connectivity index is 1.31. The number of anilines is 1. The maximum atomic E-state index is 12.6. The Bertz CT molecular complexity index is 967. The number of hydrogen-bond acceptors (Lipinski definition) is 3. The molecule has 1 aliphatic heterocycles. The van der Waals surface area contributed by atoms with E-state index in [1.165, 1.54) is 16.7 Å². The van der Waals surface area contributed by atoms with E-state index in [-0.39, 0.29) is 5.91 Å². The molecule has 1 amide bonds. The van der Waals surface area contributed by atoms with Gasteiger partial charge < -0.3 is 10.2 Å². The van der Waals surface area contributed by atoms with E-state index < -0.39 is 0 Å². The number of carbonyl (C=O) groups excluding carboxylic acids is 1. The van der Waals surface area contributed by atoms with Crippen molar-refractivity contribution in [2.45, 2.75) is 32.7 Å². The molecule has 2 heterocycles. The van der Waals surface area contributed by atoms with E-state index in [1.807, 2.05) is 17.2 Å². The van der Waals surface area contributed by atoms with E-state index in [9.17, 15) is 4.79 Å². The van der Waals surface area contributed by atoms with Crippen molar-refractivity contribution >= 4 is 22.5 Å². The van der Waals surface area contributed by atoms with Gasteiger partial charge in [-0.15, -0.1) is 0 Å². The van der Waals surface area contributed by atoms with Gasteiger partial charge in [0.25, 0.3) is 0 Å². The van der Waals surface area contributed by atoms with Gasteiger partial charge in [-0.25, -0.2) is 0 Å². The first-order valence-electron chi connectivity index (χ1n) is 9.65. The highest BCUT2D eigenvalue weighted by Crippen LogP contribution is 2.24. The molecule has 1 N–H and O–H groups in total. The average molecular weight is 359 g/mol. The SMILES string of the molecule is Cc1cccc2c(NCCCC(=O)N3CCc4ccccc4C3)ccnc12. The standard InChI is InChI=1S/C23H25N3O/c1-17-6-4-9-20-21(11-14-25-23(17)20)24-13-5-10-22(27)26-15-12-18-7-2-3-8-19(18)16-26/h2-4,6-9,11,14H,5,10,12-13,15-16H2,1H3,(H,24,25). The van der Waals surface area contributed by atoms with Crippen molar-refractivity contribution in [1.29, 1.82) is 0 Å². The maximum Gasteiger partial charge on any atom is 0.222 e. The summed E-state index contributed by atoms with van der Waals surface area (Å²) in [6.45, 7) is 4.44. The molecule has 3 aromatic rings. The lowest BCUT2D eigenvalue weighted by Gasteiger charge is -2.29. The Labute approximate surface area is 160 Å². The molecule has 0 saturated heterocycles. The fourth-order valence-electron chi connectivity index (χ4n) is 3.81. The van der Waals surface area contributed by atoms with Crippen molar-refractivity contribution in [3.8, 4) is 0 Å². The molecule has 0 spiro atoms. The van der Waals surface area contributed by atoms with Crippen molar-refractivity contribution in [1.82, 2.24) is 9.88 Å². The summed E-state index contributed by atoms with van der Waals surface area (Å²) >= 11 is 0. The zero-order valence-electron chi connectivity index (χ0n) is 15.7. The minimum atomic E-state index is 0.252. The number of hydrogen-bond donors (Lipinski definition) is 1. The zero-order valence-corrected chi connectivity index (χ0v) is 15.7. The summed E-state index contributed by atoms with van der Waals surface area (Å²) < 4.78 is 0. The molecule has 0 unspecified atom stereocenters. The molecule has 0 fully saturated rings. The van der Waals surface area contributed by atoms with E-state index in [0.29, 0.717) is 6.42 Å². The number of nitrogens with zero attached hydrogens (tertiary/aromatic N) is 2. The minimum Gasteiger partial charge on any atom is -0.384 e. The number of carbonyl (C=O) groups is 1. The summed E-state index contributed by atoms with van der Waals surface area (Å²) in [6, 6.07) is 16.7. The Hall–Kier alpha value is -2.88. The number of fused-ring (bicyclic) bond motifs is 2. The molecule has 0 saturated carbocycles. The third-order valence-corrected chi connectivity index (χ3v) is 5.34. The van der Waals surface area contributed by atoms with Crippen LogP contribution >= 0.6 is 0 Å². The largest absolute Gasteiger partial charge is 0.384 e. The summed E-state index contributed by atoms with van der Waals surface area (Å²) in [5, 5.41) is 4.61. The summed E-state index contributed by atoms with van der Waals surface area (Å²) in [7, 11) is 0. The lowest BCUT2D eigenvalue weighted by molar-refractivity contribution is -0.132. The second kappa shape index (κ2) is 7.78. The molecule has 0 atom stereocenters. The van der Waals surface area contributed by atoms with Gasteiger partial charge >= 0.3 is 0 Å². The molecule has 1 aromatic heterocycles. The van der Waals surface area contributed by atoms with Crippen LogP contribution in [0.3, 0.4) is 0 Å². The number of rotatable bonds is 5. The molecule has 0 radical (unpaired) electrons. The summed E-state index contributed by atoms with van der Waals surface area (Å²) in [6.07, 6.45) is 4.21. The van der Waals surface area contributed by atoms with Gasteiger partial charge in [-0.2, -0.15) is 0 Å². The molecule has 4 rings (SSSR count). The van der Waals surface area contributed by atoms with Gasteiger partial charge in [0.2, 0.25) is 5.91 Å². The van der Waals surface area contributed by atoms with Crippen molar-refractivity contribution in [2.24, 2.45) is 0 Å². The van der Waals surface area contributed by atoms with E-state index in [0.717, 1.165) is 49.1 Å². The maximum absolute atomic E-state index is 12.6. The van der Waals surface area contributed by atoms with Gasteiger partial charge in [0, 0.05) is 43.3 Å². The Morgan fingerprint density at radius 2 is 1.96 bits per heavy atom. The van der Waals surface area contributed by atoms with Gasteiger partial charge in [-0.3, -0.25) is 9.78 Å². The number of para-hydroxylation sites is 1. The number of aromatic nitrogens is 1. The first-order chi connectivity index (χ1) is 13.2. The highest BCUT2D eigenvalue weighted by Gasteiger charge is 2.19. The number of amides is 1. The molecule has 0 aliphatic carbocycles. The third kappa shape index (κ3) is 3.80. The highest BCUT2D eigenvalue weighted by atomic mass is 16.2. The molecule has 27 heavy (non-hydrogen) atoms. The number of pyridine rings is 1. The predicted octanol–water partition coefficient (Wildman–Crippen LogP) is 4.32. The van der Waals surface area contributed by atoms with Crippen LogP contribution in [-0.4, -0.2) is 28.9 Å². The number of nitrogens with one attached hydrogen (secondary N) is 1. The van der Waals surface area contributed by atoms with Crippen LogP contribution in [0.15, 0.2) is 54.7 Å². The Morgan fingerprint density at radius 1 is 1.11 bits per heavy atom. The van der Waals surface area contributed by atoms with Crippen LogP contribution in [0.5, 0.6) is 0 Å². The first kappa shape index (κ1) is 17.5. The second-order valence-corrected chi connectivity index (χ2v) is 7.19. The van der Waals surface area contributed by atoms with E-state index in [2.05, 4.69) is 59.7 Å². The fraction of sp³-hybridized carbons (Fsp3) is 0.304. The average Bonchev–Trinajstić information content (AvgIpc) is 2.71. The molecule has 138 valence electrons. The van der Waals surface area contributed by atoms with Gasteiger partial charge in [0.15, 0.2) is 0 Å². The minimum absolute atomic E-state index is 0.252. The quantitative estimate of drug-likeness (QED) is 0.690. The second-order valence-electron chi connectivity index (χ2n) is 7.19. The van der Waals surface area contributed by atoms with Crippen LogP contribution in [0.1, 0.15) is 29.5 Å². The van der Waals surface area contributed by atoms with Crippen LogP contribution in [0.2, 0.25) is 0 Å². The zero-order chi connectivity index (χ0) is 18.6. The Morgan fingerprint density at radius 3 is 2.85 bits per heavy atom. The van der Waals surface area contributed by atoms with E-state index in [4.69, 9.17) is 0 Å². The third-order valence-electron chi connectivity index (χ3n) is 5.34. The lowest BCUT2D eigenvalue weighted by Crippen LogP contribution is -2.35. The predicted molar refractivity (Wildman–Crippen MR) is 110 cm³/mol. The van der Waals surface area contributed by atoms with Crippen LogP contribution in [0, 0.1) is 6.92 Å². The Kier molecular flexibility index (Phi) is 5.05. The number of benzene rings is 2. The molecule has 4 heteroatoms. The van der Waals surface area contributed by atoms with Crippen molar-refractivity contribution in [2.75, 3.05) is 18.4 Å². The van der Waals surface area contributed by atoms with Crippen molar-refractivity contribution < 1.29 is 4.79 Å². The van der Waals surface area contributed by atoms with Gasteiger partial charge in [0.05, 0.1) is 5.52 Å². The van der Waals surface area contributed by atoms with Gasteiger partial charge in [-0.1, -0.05) is 42.5 Å². The fourth-order valence-corrected chi connectivity index (χ4v) is 3.81. The van der Waals surface area contributed by atoms with Crippen molar-refractivity contribution in [3.05, 3.63) is 71.4 Å². The van der Waals surface area contributed by atoms with Crippen LogP contribution in [0.4, 0.5) is 5.69 Å². The van der Waals surface area contributed by atoms with E-state index >= 15 is 0 Å².